The van der Waals surface area contributed by atoms with Crippen LogP contribution in [0.15, 0.2) is 84.9 Å². The van der Waals surface area contributed by atoms with Crippen LogP contribution in [-0.4, -0.2) is 67.3 Å². The van der Waals surface area contributed by atoms with Crippen molar-refractivity contribution in [2.45, 2.75) is 12.1 Å². The van der Waals surface area contributed by atoms with Gasteiger partial charge in [-0.25, -0.2) is 4.79 Å². The smallest absolute Gasteiger partial charge is 0.347 e. The molecule has 1 aliphatic rings. The van der Waals surface area contributed by atoms with Crippen LogP contribution < -0.4 is 4.74 Å². The minimum absolute atomic E-state index is 0. The highest BCUT2D eigenvalue weighted by molar-refractivity contribution is 5.86. The van der Waals surface area contributed by atoms with Gasteiger partial charge in [-0.15, -0.1) is 24.8 Å². The normalized spacial score (nSPS) is 14.3. The first-order valence-corrected chi connectivity index (χ1v) is 11.7. The van der Waals surface area contributed by atoms with Crippen LogP contribution in [0.5, 0.6) is 5.75 Å². The monoisotopic (exact) mass is 532 g/mol. The zero-order chi connectivity index (χ0) is 23.8. The molecular weight excluding hydrogens is 499 g/mol. The van der Waals surface area contributed by atoms with Crippen LogP contribution >= 0.6 is 24.8 Å². The lowest BCUT2D eigenvalue weighted by atomic mass is 9.86. The lowest BCUT2D eigenvalue weighted by molar-refractivity contribution is -0.162. The second-order valence-corrected chi connectivity index (χ2v) is 8.54. The van der Waals surface area contributed by atoms with Crippen molar-refractivity contribution in [1.82, 2.24) is 9.80 Å². The van der Waals surface area contributed by atoms with Crippen LogP contribution in [-0.2, 0) is 21.7 Å². The molecular formula is C28H34Cl2N2O4. The van der Waals surface area contributed by atoms with Gasteiger partial charge in [-0.2, -0.15) is 0 Å². The van der Waals surface area contributed by atoms with Crippen molar-refractivity contribution < 1.29 is 19.4 Å². The summed E-state index contributed by atoms with van der Waals surface area (Å²) in [5.74, 6) is 0.220. The third kappa shape index (κ3) is 7.21. The Balaban J connectivity index is 0.00000228. The number of carbonyl (C=O) groups excluding carboxylic acids is 1. The molecule has 0 atom stereocenters. The quantitative estimate of drug-likeness (QED) is 0.418. The molecule has 0 spiro atoms. The first-order valence-electron chi connectivity index (χ1n) is 11.7. The summed E-state index contributed by atoms with van der Waals surface area (Å²) in [5, 5.41) is 11.5. The summed E-state index contributed by atoms with van der Waals surface area (Å²) in [5.41, 5.74) is 0.431. The number of benzene rings is 3. The zero-order valence-electron chi connectivity index (χ0n) is 20.4. The summed E-state index contributed by atoms with van der Waals surface area (Å²) in [6, 6.07) is 26.1. The molecule has 4 rings (SSSR count). The van der Waals surface area contributed by atoms with Crippen molar-refractivity contribution in [3.05, 3.63) is 102 Å². The number of ether oxygens (including phenoxy) is 2. The molecule has 36 heavy (non-hydrogen) atoms. The molecule has 3 aromatic carbocycles. The fourth-order valence-electron chi connectivity index (χ4n) is 4.29. The van der Waals surface area contributed by atoms with Crippen LogP contribution in [0, 0.1) is 0 Å². The molecule has 8 heteroatoms. The van der Waals surface area contributed by atoms with Crippen molar-refractivity contribution in [2.75, 3.05) is 46.4 Å². The molecule has 1 heterocycles. The van der Waals surface area contributed by atoms with Crippen molar-refractivity contribution in [3.63, 3.8) is 0 Å². The van der Waals surface area contributed by atoms with E-state index < -0.39 is 11.6 Å². The third-order valence-corrected chi connectivity index (χ3v) is 6.35. The molecule has 1 fully saturated rings. The van der Waals surface area contributed by atoms with E-state index in [0.717, 1.165) is 38.5 Å². The second-order valence-electron chi connectivity index (χ2n) is 8.54. The minimum Gasteiger partial charge on any atom is -0.497 e. The molecule has 3 aromatic rings. The number of aliphatic hydroxyl groups is 1. The zero-order valence-corrected chi connectivity index (χ0v) is 22.0. The van der Waals surface area contributed by atoms with E-state index in [0.29, 0.717) is 17.7 Å². The first kappa shape index (κ1) is 29.6. The summed E-state index contributed by atoms with van der Waals surface area (Å²) in [6.07, 6.45) is 0. The number of halogens is 2. The maximum Gasteiger partial charge on any atom is 0.347 e. The number of rotatable bonds is 9. The maximum atomic E-state index is 13.1. The van der Waals surface area contributed by atoms with E-state index in [1.54, 1.807) is 31.4 Å². The summed E-state index contributed by atoms with van der Waals surface area (Å²) in [6.45, 7) is 5.52. The molecule has 0 unspecified atom stereocenters. The number of hydrogen-bond donors (Lipinski definition) is 1. The second kappa shape index (κ2) is 14.2. The molecule has 0 aromatic heterocycles. The number of methoxy groups -OCH3 is 1. The van der Waals surface area contributed by atoms with E-state index in [-0.39, 0.29) is 31.4 Å². The number of nitrogens with zero attached hydrogens (tertiary/aromatic N) is 2. The SMILES string of the molecule is COc1ccc(CN2CCN(CCOC(=O)C(O)(c3ccccc3)c3ccccc3)CC2)cc1.Cl.Cl. The predicted octanol–water partition coefficient (Wildman–Crippen LogP) is 4.14. The first-order chi connectivity index (χ1) is 16.6. The highest BCUT2D eigenvalue weighted by Crippen LogP contribution is 2.31. The standard InChI is InChI=1S/C28H32N2O4.2ClH/c1-33-26-14-12-23(13-15-26)22-30-18-16-29(17-19-30)20-21-34-27(31)28(32,24-8-4-2-5-9-24)25-10-6-3-7-11-25;;/h2-15,32H,16-22H2,1H3;2*1H. The van der Waals surface area contributed by atoms with Gasteiger partial charge in [0.25, 0.3) is 0 Å². The number of hydrogen-bond acceptors (Lipinski definition) is 6. The Morgan fingerprint density at radius 2 is 1.31 bits per heavy atom. The van der Waals surface area contributed by atoms with Crippen molar-refractivity contribution in [1.29, 1.82) is 0 Å². The third-order valence-electron chi connectivity index (χ3n) is 6.35. The molecule has 1 aliphatic heterocycles. The molecule has 0 saturated carbocycles. The summed E-state index contributed by atoms with van der Waals surface area (Å²) >= 11 is 0. The number of carbonyl (C=O) groups is 1. The van der Waals surface area contributed by atoms with Crippen LogP contribution in [0.1, 0.15) is 16.7 Å². The van der Waals surface area contributed by atoms with Crippen molar-refractivity contribution in [2.24, 2.45) is 0 Å². The molecule has 1 N–H and O–H groups in total. The lowest BCUT2D eigenvalue weighted by Gasteiger charge is -2.35. The van der Waals surface area contributed by atoms with E-state index in [1.165, 1.54) is 5.56 Å². The van der Waals surface area contributed by atoms with Crippen molar-refractivity contribution >= 4 is 30.8 Å². The van der Waals surface area contributed by atoms with Crippen LogP contribution in [0.4, 0.5) is 0 Å². The number of esters is 1. The Labute approximate surface area is 225 Å². The number of piperazine rings is 1. The van der Waals surface area contributed by atoms with Crippen molar-refractivity contribution in [3.8, 4) is 5.75 Å². The Bertz CT molecular complexity index is 1000. The Kier molecular flexibility index (Phi) is 11.7. The fraction of sp³-hybridized carbons (Fsp3) is 0.321. The van der Waals surface area contributed by atoms with E-state index in [4.69, 9.17) is 9.47 Å². The average molecular weight is 533 g/mol. The van der Waals surface area contributed by atoms with Gasteiger partial charge in [0.05, 0.1) is 7.11 Å². The van der Waals surface area contributed by atoms with Gasteiger partial charge in [0.2, 0.25) is 5.60 Å². The molecule has 194 valence electrons. The average Bonchev–Trinajstić information content (AvgIpc) is 2.90. The molecule has 0 bridgehead atoms. The van der Waals surface area contributed by atoms with Gasteiger partial charge in [0, 0.05) is 39.3 Å². The van der Waals surface area contributed by atoms with E-state index in [9.17, 15) is 9.90 Å². The van der Waals surface area contributed by atoms with Gasteiger partial charge in [-0.05, 0) is 28.8 Å². The van der Waals surface area contributed by atoms with Crippen LogP contribution in [0.3, 0.4) is 0 Å². The van der Waals surface area contributed by atoms with E-state index in [1.807, 2.05) is 48.5 Å². The van der Waals surface area contributed by atoms with E-state index in [2.05, 4.69) is 21.9 Å². The molecule has 0 radical (unpaired) electrons. The maximum absolute atomic E-state index is 13.1. The highest BCUT2D eigenvalue weighted by Gasteiger charge is 2.41. The van der Waals surface area contributed by atoms with Gasteiger partial charge < -0.3 is 14.6 Å². The predicted molar refractivity (Wildman–Crippen MR) is 146 cm³/mol. The fourth-order valence-corrected chi connectivity index (χ4v) is 4.29. The van der Waals surface area contributed by atoms with Crippen LogP contribution in [0.25, 0.3) is 0 Å². The van der Waals surface area contributed by atoms with Crippen LogP contribution in [0.2, 0.25) is 0 Å². The Morgan fingerprint density at radius 1 is 0.806 bits per heavy atom. The summed E-state index contributed by atoms with van der Waals surface area (Å²) in [4.78, 5) is 17.8. The van der Waals surface area contributed by atoms with Gasteiger partial charge in [-0.1, -0.05) is 72.8 Å². The van der Waals surface area contributed by atoms with Gasteiger partial charge in [0.15, 0.2) is 0 Å². The lowest BCUT2D eigenvalue weighted by Crippen LogP contribution is -2.47. The Morgan fingerprint density at radius 3 is 1.81 bits per heavy atom. The Hall–Kier alpha value is -2.61. The summed E-state index contributed by atoms with van der Waals surface area (Å²) < 4.78 is 10.8. The summed E-state index contributed by atoms with van der Waals surface area (Å²) in [7, 11) is 1.68. The highest BCUT2D eigenvalue weighted by atomic mass is 35.5. The largest absolute Gasteiger partial charge is 0.497 e. The molecule has 0 aliphatic carbocycles. The molecule has 0 amide bonds. The van der Waals surface area contributed by atoms with Gasteiger partial charge >= 0.3 is 5.97 Å². The van der Waals surface area contributed by atoms with E-state index >= 15 is 0 Å². The van der Waals surface area contributed by atoms with Gasteiger partial charge in [-0.3, -0.25) is 9.80 Å². The molecule has 6 nitrogen and oxygen atoms in total. The molecule has 1 saturated heterocycles. The topological polar surface area (TPSA) is 62.2 Å². The minimum atomic E-state index is -1.83. The van der Waals surface area contributed by atoms with Gasteiger partial charge in [0.1, 0.15) is 12.4 Å².